The van der Waals surface area contributed by atoms with Crippen molar-refractivity contribution in [2.24, 2.45) is 0 Å². The van der Waals surface area contributed by atoms with Gasteiger partial charge in [-0.25, -0.2) is 0 Å². The average Bonchev–Trinajstić information content (AvgIpc) is 2.51. The lowest BCUT2D eigenvalue weighted by atomic mass is 10.0. The van der Waals surface area contributed by atoms with Crippen molar-refractivity contribution in [3.8, 4) is 0 Å². The number of aliphatic hydroxyl groups is 2. The van der Waals surface area contributed by atoms with E-state index in [0.29, 0.717) is 13.2 Å². The number of nitrogens with zero attached hydrogens (tertiary/aromatic N) is 1. The van der Waals surface area contributed by atoms with Crippen LogP contribution in [-0.4, -0.2) is 55.1 Å². The molecule has 0 spiro atoms. The molecule has 0 unspecified atom stereocenters. The van der Waals surface area contributed by atoms with E-state index in [1.54, 1.807) is 0 Å². The highest BCUT2D eigenvalue weighted by atomic mass is 16.3. The summed E-state index contributed by atoms with van der Waals surface area (Å²) in [5.74, 6) is 0. The number of aliphatic hydroxyl groups excluding tert-OH is 2. The van der Waals surface area contributed by atoms with Crippen molar-refractivity contribution in [2.45, 2.75) is 89.9 Å². The lowest BCUT2D eigenvalue weighted by Gasteiger charge is -2.28. The molecule has 0 saturated heterocycles. The minimum absolute atomic E-state index is 0.301. The zero-order valence-corrected chi connectivity index (χ0v) is 16.1. The van der Waals surface area contributed by atoms with Gasteiger partial charge < -0.3 is 14.7 Å². The fourth-order valence-corrected chi connectivity index (χ4v) is 3.16. The molecule has 2 N–H and O–H groups in total. The molecule has 23 heavy (non-hydrogen) atoms. The van der Waals surface area contributed by atoms with E-state index in [9.17, 15) is 0 Å². The maximum absolute atomic E-state index is 9.00. The van der Waals surface area contributed by atoms with Gasteiger partial charge in [-0.15, -0.1) is 0 Å². The molecular formula is C20H44NO2+. The Labute approximate surface area is 145 Å². The number of unbranched alkanes of at least 4 members (excludes halogenated alkanes) is 13. The molecule has 0 rings (SSSR count). The van der Waals surface area contributed by atoms with Gasteiger partial charge in [-0.3, -0.25) is 0 Å². The summed E-state index contributed by atoms with van der Waals surface area (Å²) in [7, 11) is 4.42. The van der Waals surface area contributed by atoms with E-state index >= 15 is 0 Å². The highest BCUT2D eigenvalue weighted by Crippen LogP contribution is 2.13. The standard InChI is InChI=1S/C20H44NO2/c1-21(2,18-20-23)17-15-13-11-9-7-5-3-4-6-8-10-12-14-16-19-22/h22-23H,3-20H2,1-2H3/q+1. The second-order valence-electron chi connectivity index (χ2n) is 7.78. The molecule has 0 aliphatic rings. The van der Waals surface area contributed by atoms with E-state index in [2.05, 4.69) is 14.1 Å². The minimum atomic E-state index is 0.301. The Hall–Kier alpha value is -0.120. The van der Waals surface area contributed by atoms with Crippen molar-refractivity contribution in [1.29, 1.82) is 0 Å². The number of quaternary nitrogens is 1. The molecule has 0 aliphatic carbocycles. The van der Waals surface area contributed by atoms with Gasteiger partial charge in [0.05, 0.1) is 27.2 Å². The Kier molecular flexibility index (Phi) is 16.6. The highest BCUT2D eigenvalue weighted by molar-refractivity contribution is 4.49. The van der Waals surface area contributed by atoms with Crippen LogP contribution in [0.3, 0.4) is 0 Å². The largest absolute Gasteiger partial charge is 0.396 e. The molecule has 0 aliphatic heterocycles. The maximum Gasteiger partial charge on any atom is 0.102 e. The number of likely N-dealkylation sites (N-methyl/N-ethyl adjacent to an activating group) is 1. The van der Waals surface area contributed by atoms with Crippen LogP contribution in [0, 0.1) is 0 Å². The summed E-state index contributed by atoms with van der Waals surface area (Å²) in [4.78, 5) is 0. The zero-order valence-electron chi connectivity index (χ0n) is 16.1. The van der Waals surface area contributed by atoms with Gasteiger partial charge in [0.1, 0.15) is 6.54 Å². The second kappa shape index (κ2) is 16.7. The molecule has 0 heterocycles. The number of hydrogen-bond donors (Lipinski definition) is 2. The van der Waals surface area contributed by atoms with Crippen LogP contribution in [-0.2, 0) is 0 Å². The first-order chi connectivity index (χ1) is 11.1. The molecule has 0 aromatic heterocycles. The van der Waals surface area contributed by atoms with Crippen molar-refractivity contribution < 1.29 is 14.7 Å². The van der Waals surface area contributed by atoms with Gasteiger partial charge in [-0.2, -0.15) is 0 Å². The van der Waals surface area contributed by atoms with Gasteiger partial charge in [0.25, 0.3) is 0 Å². The summed E-state index contributed by atoms with van der Waals surface area (Å²) in [5, 5.41) is 17.7. The third-order valence-corrected chi connectivity index (χ3v) is 4.88. The molecule has 0 amide bonds. The highest BCUT2D eigenvalue weighted by Gasteiger charge is 2.12. The van der Waals surface area contributed by atoms with E-state index in [0.717, 1.165) is 17.4 Å². The maximum atomic E-state index is 9.00. The molecule has 3 nitrogen and oxygen atoms in total. The molecule has 0 atom stereocenters. The molecule has 0 aromatic carbocycles. The summed E-state index contributed by atoms with van der Waals surface area (Å²) in [6.45, 7) is 2.73. The van der Waals surface area contributed by atoms with Crippen LogP contribution < -0.4 is 0 Å². The van der Waals surface area contributed by atoms with Crippen LogP contribution in [0.1, 0.15) is 89.9 Å². The summed E-state index contributed by atoms with van der Waals surface area (Å²) < 4.78 is 0.955. The third-order valence-electron chi connectivity index (χ3n) is 4.88. The fraction of sp³-hybridized carbons (Fsp3) is 1.00. The van der Waals surface area contributed by atoms with Crippen molar-refractivity contribution in [3.05, 3.63) is 0 Å². The van der Waals surface area contributed by atoms with Crippen LogP contribution in [0.5, 0.6) is 0 Å². The summed E-state index contributed by atoms with van der Waals surface area (Å²) >= 11 is 0. The van der Waals surface area contributed by atoms with Crippen LogP contribution in [0.4, 0.5) is 0 Å². The summed E-state index contributed by atoms with van der Waals surface area (Å²) in [5.41, 5.74) is 0. The van der Waals surface area contributed by atoms with Gasteiger partial charge in [0.2, 0.25) is 0 Å². The minimum Gasteiger partial charge on any atom is -0.396 e. The molecule has 0 bridgehead atoms. The normalized spacial score (nSPS) is 12.0. The van der Waals surface area contributed by atoms with Crippen molar-refractivity contribution in [2.75, 3.05) is 40.4 Å². The predicted octanol–water partition coefficient (Wildman–Crippen LogP) is 4.51. The Morgan fingerprint density at radius 3 is 1.13 bits per heavy atom. The molecule has 0 aromatic rings. The van der Waals surface area contributed by atoms with E-state index in [-0.39, 0.29) is 0 Å². The van der Waals surface area contributed by atoms with Crippen molar-refractivity contribution >= 4 is 0 Å². The molecular weight excluding hydrogens is 286 g/mol. The summed E-state index contributed by atoms with van der Waals surface area (Å²) in [6, 6.07) is 0. The Bertz CT molecular complexity index is 232. The van der Waals surface area contributed by atoms with Gasteiger partial charge in [0.15, 0.2) is 0 Å². The monoisotopic (exact) mass is 330 g/mol. The van der Waals surface area contributed by atoms with Gasteiger partial charge in [0, 0.05) is 6.61 Å². The summed E-state index contributed by atoms with van der Waals surface area (Å²) in [6.07, 6.45) is 18.7. The average molecular weight is 331 g/mol. The molecule has 140 valence electrons. The molecule has 0 fully saturated rings. The predicted molar refractivity (Wildman–Crippen MR) is 101 cm³/mol. The fourth-order valence-electron chi connectivity index (χ4n) is 3.16. The number of rotatable bonds is 18. The Balaban J connectivity index is 3.11. The van der Waals surface area contributed by atoms with Crippen LogP contribution in [0.25, 0.3) is 0 Å². The topological polar surface area (TPSA) is 40.5 Å². The lowest BCUT2D eigenvalue weighted by Crippen LogP contribution is -2.42. The molecule has 3 heteroatoms. The van der Waals surface area contributed by atoms with Crippen LogP contribution in [0.15, 0.2) is 0 Å². The molecule has 0 saturated carbocycles. The SMILES string of the molecule is C[N+](C)(CCO)CCCCCCCCCCCCCCCCO. The van der Waals surface area contributed by atoms with E-state index in [1.807, 2.05) is 0 Å². The Morgan fingerprint density at radius 1 is 0.435 bits per heavy atom. The second-order valence-corrected chi connectivity index (χ2v) is 7.78. The quantitative estimate of drug-likeness (QED) is 0.287. The van der Waals surface area contributed by atoms with Crippen LogP contribution >= 0.6 is 0 Å². The third kappa shape index (κ3) is 18.1. The van der Waals surface area contributed by atoms with Crippen LogP contribution in [0.2, 0.25) is 0 Å². The van der Waals surface area contributed by atoms with Gasteiger partial charge in [-0.1, -0.05) is 70.6 Å². The zero-order chi connectivity index (χ0) is 17.2. The van der Waals surface area contributed by atoms with E-state index in [1.165, 1.54) is 90.0 Å². The first-order valence-electron chi connectivity index (χ1n) is 10.2. The lowest BCUT2D eigenvalue weighted by molar-refractivity contribution is -0.890. The van der Waals surface area contributed by atoms with E-state index in [4.69, 9.17) is 10.2 Å². The van der Waals surface area contributed by atoms with Crippen molar-refractivity contribution in [3.63, 3.8) is 0 Å². The van der Waals surface area contributed by atoms with E-state index < -0.39 is 0 Å². The smallest absolute Gasteiger partial charge is 0.102 e. The van der Waals surface area contributed by atoms with Crippen molar-refractivity contribution in [1.82, 2.24) is 0 Å². The first kappa shape index (κ1) is 22.9. The van der Waals surface area contributed by atoms with Gasteiger partial charge in [-0.05, 0) is 19.3 Å². The molecule has 0 radical (unpaired) electrons. The first-order valence-corrected chi connectivity index (χ1v) is 10.2. The Morgan fingerprint density at radius 2 is 0.783 bits per heavy atom. The van der Waals surface area contributed by atoms with Gasteiger partial charge >= 0.3 is 0 Å². The number of hydrogen-bond acceptors (Lipinski definition) is 2.